The van der Waals surface area contributed by atoms with E-state index in [1.807, 2.05) is 25.1 Å². The Labute approximate surface area is 175 Å². The lowest BCUT2D eigenvalue weighted by Crippen LogP contribution is -2.39. The second-order valence-corrected chi connectivity index (χ2v) is 8.51. The molecule has 0 saturated heterocycles. The summed E-state index contributed by atoms with van der Waals surface area (Å²) >= 11 is 7.31. The molecule has 1 aliphatic rings. The Bertz CT molecular complexity index is 760. The van der Waals surface area contributed by atoms with Gasteiger partial charge >= 0.3 is 0 Å². The van der Waals surface area contributed by atoms with E-state index in [1.54, 1.807) is 12.3 Å². The van der Waals surface area contributed by atoms with E-state index in [4.69, 9.17) is 16.3 Å². The summed E-state index contributed by atoms with van der Waals surface area (Å²) in [5.74, 6) is 1.33. The minimum absolute atomic E-state index is 0.311. The van der Waals surface area contributed by atoms with Crippen LogP contribution in [-0.4, -0.2) is 35.2 Å². The fraction of sp³-hybridized carbons (Fsp3) is 0.500. The number of aliphatic hydroxyl groups is 1. The van der Waals surface area contributed by atoms with Crippen LogP contribution in [-0.2, 0) is 6.54 Å². The summed E-state index contributed by atoms with van der Waals surface area (Å²) in [6.45, 7) is 3.59. The minimum Gasteiger partial charge on any atom is -0.474 e. The SMILES string of the molecule is CCNC(=NCc1ccc(OC2CCCC2)nc1)NCC(O)c1ccc(Cl)s1. The van der Waals surface area contributed by atoms with E-state index in [0.29, 0.717) is 35.4 Å². The predicted molar refractivity (Wildman–Crippen MR) is 114 cm³/mol. The Morgan fingerprint density at radius 1 is 1.32 bits per heavy atom. The summed E-state index contributed by atoms with van der Waals surface area (Å²) in [6.07, 6.45) is 6.21. The van der Waals surface area contributed by atoms with Crippen molar-refractivity contribution in [2.45, 2.75) is 51.4 Å². The van der Waals surface area contributed by atoms with Crippen molar-refractivity contribution in [3.63, 3.8) is 0 Å². The lowest BCUT2D eigenvalue weighted by molar-refractivity contribution is 0.184. The highest BCUT2D eigenvalue weighted by Gasteiger charge is 2.16. The van der Waals surface area contributed by atoms with Gasteiger partial charge in [0.05, 0.1) is 10.9 Å². The molecule has 28 heavy (non-hydrogen) atoms. The molecule has 6 nitrogen and oxygen atoms in total. The van der Waals surface area contributed by atoms with E-state index in [1.165, 1.54) is 24.2 Å². The summed E-state index contributed by atoms with van der Waals surface area (Å²) in [5.41, 5.74) is 1.00. The molecular formula is C20H27ClN4O2S. The number of aliphatic hydroxyl groups excluding tert-OH is 1. The lowest BCUT2D eigenvalue weighted by Gasteiger charge is -2.14. The van der Waals surface area contributed by atoms with Crippen molar-refractivity contribution in [3.05, 3.63) is 45.2 Å². The highest BCUT2D eigenvalue weighted by molar-refractivity contribution is 7.16. The van der Waals surface area contributed by atoms with Crippen molar-refractivity contribution in [1.82, 2.24) is 15.6 Å². The molecule has 152 valence electrons. The van der Waals surface area contributed by atoms with Crippen LogP contribution in [0.3, 0.4) is 0 Å². The summed E-state index contributed by atoms with van der Waals surface area (Å²) in [7, 11) is 0. The predicted octanol–water partition coefficient (Wildman–Crippen LogP) is 3.91. The maximum Gasteiger partial charge on any atom is 0.213 e. The van der Waals surface area contributed by atoms with Crippen LogP contribution in [0.25, 0.3) is 0 Å². The number of nitrogens with one attached hydrogen (secondary N) is 2. The van der Waals surface area contributed by atoms with Gasteiger partial charge in [-0.1, -0.05) is 17.7 Å². The monoisotopic (exact) mass is 422 g/mol. The van der Waals surface area contributed by atoms with Gasteiger partial charge in [-0.05, 0) is 50.3 Å². The van der Waals surface area contributed by atoms with Crippen LogP contribution in [0.2, 0.25) is 4.34 Å². The van der Waals surface area contributed by atoms with E-state index in [9.17, 15) is 5.11 Å². The molecule has 1 saturated carbocycles. The van der Waals surface area contributed by atoms with Gasteiger partial charge in [-0.3, -0.25) is 0 Å². The molecule has 1 aliphatic carbocycles. The Morgan fingerprint density at radius 3 is 2.79 bits per heavy atom. The highest BCUT2D eigenvalue weighted by atomic mass is 35.5. The molecule has 0 aliphatic heterocycles. The van der Waals surface area contributed by atoms with E-state index in [2.05, 4.69) is 20.6 Å². The third kappa shape index (κ3) is 6.36. The third-order valence-corrected chi connectivity index (χ3v) is 5.87. The van der Waals surface area contributed by atoms with Crippen molar-refractivity contribution in [2.24, 2.45) is 4.99 Å². The lowest BCUT2D eigenvalue weighted by atomic mass is 10.3. The molecule has 3 N–H and O–H groups in total. The van der Waals surface area contributed by atoms with Crippen molar-refractivity contribution in [2.75, 3.05) is 13.1 Å². The van der Waals surface area contributed by atoms with Gasteiger partial charge in [-0.25, -0.2) is 9.98 Å². The summed E-state index contributed by atoms with van der Waals surface area (Å²) < 4.78 is 6.56. The largest absolute Gasteiger partial charge is 0.474 e. The number of ether oxygens (including phenoxy) is 1. The zero-order chi connectivity index (χ0) is 19.8. The van der Waals surface area contributed by atoms with Gasteiger partial charge in [0.1, 0.15) is 12.2 Å². The number of rotatable bonds is 8. The Morgan fingerprint density at radius 2 is 2.14 bits per heavy atom. The number of halogens is 1. The van der Waals surface area contributed by atoms with E-state index >= 15 is 0 Å². The first-order chi connectivity index (χ1) is 13.6. The number of aromatic nitrogens is 1. The molecular weight excluding hydrogens is 396 g/mol. The molecule has 0 amide bonds. The van der Waals surface area contributed by atoms with Gasteiger partial charge < -0.3 is 20.5 Å². The minimum atomic E-state index is -0.630. The number of thiophene rings is 1. The first-order valence-corrected chi connectivity index (χ1v) is 10.9. The van der Waals surface area contributed by atoms with Gasteiger partial charge in [-0.2, -0.15) is 0 Å². The van der Waals surface area contributed by atoms with Gasteiger partial charge in [0.2, 0.25) is 5.88 Å². The van der Waals surface area contributed by atoms with Crippen molar-refractivity contribution in [3.8, 4) is 5.88 Å². The fourth-order valence-electron chi connectivity index (χ4n) is 3.06. The molecule has 3 rings (SSSR count). The normalized spacial score (nSPS) is 16.2. The number of nitrogens with zero attached hydrogens (tertiary/aromatic N) is 2. The molecule has 1 unspecified atom stereocenters. The van der Waals surface area contributed by atoms with E-state index in [0.717, 1.165) is 29.8 Å². The highest BCUT2D eigenvalue weighted by Crippen LogP contribution is 2.26. The summed E-state index contributed by atoms with van der Waals surface area (Å²) in [6, 6.07) is 7.53. The van der Waals surface area contributed by atoms with Crippen LogP contribution in [0.4, 0.5) is 0 Å². The molecule has 1 atom stereocenters. The van der Waals surface area contributed by atoms with Gasteiger partial charge in [0, 0.05) is 30.2 Å². The molecule has 2 aromatic rings. The van der Waals surface area contributed by atoms with Crippen molar-refractivity contribution in [1.29, 1.82) is 0 Å². The first-order valence-electron chi connectivity index (χ1n) is 9.71. The standard InChI is InChI=1S/C20H27ClN4O2S/c1-2-22-20(25-13-16(26)17-8-9-18(21)28-17)24-12-14-7-10-19(23-11-14)27-15-5-3-4-6-15/h7-11,15-16,26H,2-6,12-13H2,1H3,(H2,22,24,25). The van der Waals surface area contributed by atoms with Crippen LogP contribution in [0.15, 0.2) is 35.5 Å². The van der Waals surface area contributed by atoms with Gasteiger partial charge in [0.15, 0.2) is 5.96 Å². The van der Waals surface area contributed by atoms with E-state index < -0.39 is 6.10 Å². The first kappa shape index (κ1) is 20.9. The van der Waals surface area contributed by atoms with Gasteiger partial charge in [-0.15, -0.1) is 11.3 Å². The molecule has 0 radical (unpaired) electrons. The molecule has 0 spiro atoms. The number of hydrogen-bond acceptors (Lipinski definition) is 5. The van der Waals surface area contributed by atoms with E-state index in [-0.39, 0.29) is 0 Å². The van der Waals surface area contributed by atoms with Crippen LogP contribution in [0, 0.1) is 0 Å². The summed E-state index contributed by atoms with van der Waals surface area (Å²) in [5, 5.41) is 16.6. The fourth-order valence-corrected chi connectivity index (χ4v) is 4.11. The van der Waals surface area contributed by atoms with Crippen LogP contribution < -0.4 is 15.4 Å². The second kappa shape index (κ2) is 10.6. The van der Waals surface area contributed by atoms with Crippen LogP contribution in [0.5, 0.6) is 5.88 Å². The molecule has 0 bridgehead atoms. The zero-order valence-electron chi connectivity index (χ0n) is 16.0. The average molecular weight is 423 g/mol. The smallest absolute Gasteiger partial charge is 0.213 e. The topological polar surface area (TPSA) is 78.8 Å². The molecule has 1 fully saturated rings. The van der Waals surface area contributed by atoms with Gasteiger partial charge in [0.25, 0.3) is 0 Å². The molecule has 2 aromatic heterocycles. The van der Waals surface area contributed by atoms with Crippen LogP contribution in [0.1, 0.15) is 49.2 Å². The Hall–Kier alpha value is -1.83. The zero-order valence-corrected chi connectivity index (χ0v) is 17.6. The van der Waals surface area contributed by atoms with Crippen LogP contribution >= 0.6 is 22.9 Å². The number of hydrogen-bond donors (Lipinski definition) is 3. The molecule has 2 heterocycles. The maximum atomic E-state index is 10.3. The Kier molecular flexibility index (Phi) is 7.94. The number of aliphatic imine (C=N–C) groups is 1. The maximum absolute atomic E-state index is 10.3. The van der Waals surface area contributed by atoms with Crippen molar-refractivity contribution < 1.29 is 9.84 Å². The average Bonchev–Trinajstić information content (AvgIpc) is 3.36. The Balaban J connectivity index is 1.51. The number of guanidine groups is 1. The number of pyridine rings is 1. The second-order valence-electron chi connectivity index (χ2n) is 6.76. The van der Waals surface area contributed by atoms with Crippen molar-refractivity contribution >= 4 is 28.9 Å². The molecule has 8 heteroatoms. The molecule has 0 aromatic carbocycles. The third-order valence-electron chi connectivity index (χ3n) is 4.54. The summed E-state index contributed by atoms with van der Waals surface area (Å²) in [4.78, 5) is 9.80. The quantitative estimate of drug-likeness (QED) is 0.444.